The Morgan fingerprint density at radius 3 is 3.11 bits per heavy atom. The summed E-state index contributed by atoms with van der Waals surface area (Å²) in [5.41, 5.74) is 0.190. The molecule has 18 heavy (non-hydrogen) atoms. The van der Waals surface area contributed by atoms with Crippen LogP contribution in [0.15, 0.2) is 18.3 Å². The summed E-state index contributed by atoms with van der Waals surface area (Å²) >= 11 is 0. The molecule has 1 aromatic rings. The predicted octanol–water partition coefficient (Wildman–Crippen LogP) is 0.870. The summed E-state index contributed by atoms with van der Waals surface area (Å²) in [6, 6.07) is 3.48. The van der Waals surface area contributed by atoms with Crippen molar-refractivity contribution in [1.29, 1.82) is 0 Å². The van der Waals surface area contributed by atoms with Gasteiger partial charge in [-0.05, 0) is 26.0 Å². The lowest BCUT2D eigenvalue weighted by molar-refractivity contribution is -0.101. The van der Waals surface area contributed by atoms with Crippen molar-refractivity contribution in [3.8, 4) is 0 Å². The molecule has 0 aliphatic carbocycles. The zero-order valence-electron chi connectivity index (χ0n) is 10.7. The third-order valence-electron chi connectivity index (χ3n) is 2.93. The van der Waals surface area contributed by atoms with Gasteiger partial charge in [0, 0.05) is 19.3 Å². The highest BCUT2D eigenvalue weighted by atomic mass is 16.5. The molecular weight excluding hydrogens is 232 g/mol. The molecule has 1 aliphatic heterocycles. The van der Waals surface area contributed by atoms with E-state index in [0.29, 0.717) is 24.5 Å². The Bertz CT molecular complexity index is 434. The van der Waals surface area contributed by atoms with Gasteiger partial charge in [0.05, 0.1) is 23.9 Å². The molecule has 0 bridgehead atoms. The van der Waals surface area contributed by atoms with E-state index in [0.717, 1.165) is 6.29 Å². The molecule has 1 fully saturated rings. The summed E-state index contributed by atoms with van der Waals surface area (Å²) in [6.45, 7) is 5.07. The fraction of sp³-hybridized carbons (Fsp3) is 0.538. The normalized spacial score (nSPS) is 22.8. The number of aliphatic hydroxyl groups is 1. The van der Waals surface area contributed by atoms with Crippen LogP contribution in [-0.4, -0.2) is 47.8 Å². The number of hydrogen-bond acceptors (Lipinski definition) is 5. The maximum atomic E-state index is 11.0. The number of carbonyl (C=O) groups is 1. The molecule has 5 nitrogen and oxygen atoms in total. The first-order valence-corrected chi connectivity index (χ1v) is 5.99. The minimum atomic E-state index is -0.372. The van der Waals surface area contributed by atoms with E-state index < -0.39 is 0 Å². The van der Waals surface area contributed by atoms with Gasteiger partial charge < -0.3 is 14.7 Å². The molecule has 0 aromatic carbocycles. The van der Waals surface area contributed by atoms with E-state index in [4.69, 9.17) is 4.74 Å². The average Bonchev–Trinajstić information content (AvgIpc) is 2.36. The van der Waals surface area contributed by atoms with Gasteiger partial charge in [0.1, 0.15) is 5.82 Å². The number of pyridine rings is 1. The zero-order valence-corrected chi connectivity index (χ0v) is 10.7. The first kappa shape index (κ1) is 13.0. The Morgan fingerprint density at radius 2 is 2.44 bits per heavy atom. The summed E-state index contributed by atoms with van der Waals surface area (Å²) in [7, 11) is 0. The number of ether oxygens (including phenoxy) is 1. The molecule has 0 radical (unpaired) electrons. The van der Waals surface area contributed by atoms with Gasteiger partial charge in [0.15, 0.2) is 6.29 Å². The van der Waals surface area contributed by atoms with Crippen molar-refractivity contribution in [2.24, 2.45) is 0 Å². The van der Waals surface area contributed by atoms with Crippen LogP contribution in [0.4, 0.5) is 5.82 Å². The lowest BCUT2D eigenvalue weighted by Crippen LogP contribution is -2.54. The summed E-state index contributed by atoms with van der Waals surface area (Å²) in [6.07, 6.45) is 2.22. The number of aromatic nitrogens is 1. The molecule has 0 spiro atoms. The van der Waals surface area contributed by atoms with Crippen molar-refractivity contribution in [1.82, 2.24) is 4.98 Å². The molecule has 0 amide bonds. The molecule has 2 heterocycles. The lowest BCUT2D eigenvalue weighted by Gasteiger charge is -2.43. The molecule has 2 rings (SSSR count). The minimum absolute atomic E-state index is 0.0385. The maximum Gasteiger partial charge on any atom is 0.153 e. The van der Waals surface area contributed by atoms with E-state index in [2.05, 4.69) is 4.98 Å². The summed E-state index contributed by atoms with van der Waals surface area (Å²) in [4.78, 5) is 17.3. The summed E-state index contributed by atoms with van der Waals surface area (Å²) < 4.78 is 5.74. The van der Waals surface area contributed by atoms with Gasteiger partial charge in [-0.3, -0.25) is 4.79 Å². The summed E-state index contributed by atoms with van der Waals surface area (Å²) in [5, 5.41) is 9.27. The number of nitrogens with zero attached hydrogens (tertiary/aromatic N) is 2. The van der Waals surface area contributed by atoms with Crippen molar-refractivity contribution in [2.75, 3.05) is 24.6 Å². The van der Waals surface area contributed by atoms with E-state index >= 15 is 0 Å². The topological polar surface area (TPSA) is 62.7 Å². The Balaban J connectivity index is 2.29. The monoisotopic (exact) mass is 250 g/mol. The molecule has 0 saturated carbocycles. The van der Waals surface area contributed by atoms with Crippen LogP contribution < -0.4 is 4.90 Å². The Hall–Kier alpha value is -1.46. The van der Waals surface area contributed by atoms with Gasteiger partial charge in [-0.1, -0.05) is 0 Å². The second-order valence-corrected chi connectivity index (χ2v) is 5.10. The van der Waals surface area contributed by atoms with Crippen LogP contribution in [0.3, 0.4) is 0 Å². The average molecular weight is 250 g/mol. The van der Waals surface area contributed by atoms with Crippen LogP contribution >= 0.6 is 0 Å². The van der Waals surface area contributed by atoms with E-state index in [-0.39, 0.29) is 18.3 Å². The van der Waals surface area contributed by atoms with E-state index in [1.807, 2.05) is 18.7 Å². The number of anilines is 1. The SMILES string of the molecule is CC1(C)CN(c2ncccc2C=O)CC(CO)O1. The zero-order chi connectivity index (χ0) is 13.2. The van der Waals surface area contributed by atoms with Crippen LogP contribution in [0.2, 0.25) is 0 Å². The second kappa shape index (κ2) is 5.04. The second-order valence-electron chi connectivity index (χ2n) is 5.10. The van der Waals surface area contributed by atoms with Crippen molar-refractivity contribution in [3.63, 3.8) is 0 Å². The molecule has 1 unspecified atom stereocenters. The Labute approximate surface area is 106 Å². The largest absolute Gasteiger partial charge is 0.394 e. The summed E-state index contributed by atoms with van der Waals surface area (Å²) in [5.74, 6) is 0.655. The van der Waals surface area contributed by atoms with Gasteiger partial charge in [-0.25, -0.2) is 4.98 Å². The van der Waals surface area contributed by atoms with Crippen LogP contribution in [0.1, 0.15) is 24.2 Å². The first-order chi connectivity index (χ1) is 8.55. The van der Waals surface area contributed by atoms with Crippen molar-refractivity contribution >= 4 is 12.1 Å². The number of rotatable bonds is 3. The van der Waals surface area contributed by atoms with Gasteiger partial charge in [0.25, 0.3) is 0 Å². The van der Waals surface area contributed by atoms with Crippen molar-refractivity contribution in [2.45, 2.75) is 25.6 Å². The third-order valence-corrected chi connectivity index (χ3v) is 2.93. The molecule has 1 saturated heterocycles. The van der Waals surface area contributed by atoms with E-state index in [1.165, 1.54) is 0 Å². The van der Waals surface area contributed by atoms with Crippen molar-refractivity contribution in [3.05, 3.63) is 23.9 Å². The smallest absolute Gasteiger partial charge is 0.153 e. The maximum absolute atomic E-state index is 11.0. The first-order valence-electron chi connectivity index (χ1n) is 5.99. The number of hydrogen-bond donors (Lipinski definition) is 1. The number of aldehydes is 1. The highest BCUT2D eigenvalue weighted by Gasteiger charge is 2.34. The molecule has 1 atom stereocenters. The predicted molar refractivity (Wildman–Crippen MR) is 67.9 cm³/mol. The molecule has 1 N–H and O–H groups in total. The van der Waals surface area contributed by atoms with Gasteiger partial charge in [-0.15, -0.1) is 0 Å². The van der Waals surface area contributed by atoms with Gasteiger partial charge in [0.2, 0.25) is 0 Å². The van der Waals surface area contributed by atoms with Gasteiger partial charge in [-0.2, -0.15) is 0 Å². The molecule has 5 heteroatoms. The van der Waals surface area contributed by atoms with Crippen LogP contribution in [0, 0.1) is 0 Å². The third kappa shape index (κ3) is 2.68. The quantitative estimate of drug-likeness (QED) is 0.806. The van der Waals surface area contributed by atoms with Crippen LogP contribution in [-0.2, 0) is 4.74 Å². The molecule has 1 aromatic heterocycles. The van der Waals surface area contributed by atoms with Gasteiger partial charge >= 0.3 is 0 Å². The fourth-order valence-corrected chi connectivity index (χ4v) is 2.32. The van der Waals surface area contributed by atoms with Crippen LogP contribution in [0.5, 0.6) is 0 Å². The number of morpholine rings is 1. The molecule has 98 valence electrons. The highest BCUT2D eigenvalue weighted by molar-refractivity contribution is 5.82. The minimum Gasteiger partial charge on any atom is -0.394 e. The Kier molecular flexibility index (Phi) is 3.63. The molecule has 1 aliphatic rings. The fourth-order valence-electron chi connectivity index (χ4n) is 2.32. The van der Waals surface area contributed by atoms with Crippen LogP contribution in [0.25, 0.3) is 0 Å². The van der Waals surface area contributed by atoms with Crippen molar-refractivity contribution < 1.29 is 14.6 Å². The Morgan fingerprint density at radius 1 is 1.67 bits per heavy atom. The highest BCUT2D eigenvalue weighted by Crippen LogP contribution is 2.26. The van der Waals surface area contributed by atoms with E-state index in [9.17, 15) is 9.90 Å². The molecular formula is C13H18N2O3. The standard InChI is InChI=1S/C13H18N2O3/c1-13(2)9-15(6-11(8-17)18-13)12-10(7-16)4-3-5-14-12/h3-5,7,11,17H,6,8-9H2,1-2H3. The number of carbonyl (C=O) groups excluding carboxylic acids is 1. The van der Waals surface area contributed by atoms with E-state index in [1.54, 1.807) is 18.3 Å². The lowest BCUT2D eigenvalue weighted by atomic mass is 10.0. The number of aliphatic hydroxyl groups excluding tert-OH is 1.